The highest BCUT2D eigenvalue weighted by Crippen LogP contribution is 2.37. The average Bonchev–Trinajstić information content (AvgIpc) is 2.55. The van der Waals surface area contributed by atoms with Gasteiger partial charge in [0, 0.05) is 5.56 Å². The molecular formula is C18H16BrFO3. The Balaban J connectivity index is 2.23. The van der Waals surface area contributed by atoms with Crippen LogP contribution in [0.25, 0.3) is 6.08 Å². The molecule has 2 aromatic carbocycles. The summed E-state index contributed by atoms with van der Waals surface area (Å²) < 4.78 is 24.4. The maximum atomic E-state index is 12.9. The van der Waals surface area contributed by atoms with E-state index in [4.69, 9.17) is 9.47 Å². The molecular weight excluding hydrogens is 363 g/mol. The zero-order valence-electron chi connectivity index (χ0n) is 12.8. The van der Waals surface area contributed by atoms with Gasteiger partial charge in [-0.25, -0.2) is 4.39 Å². The van der Waals surface area contributed by atoms with E-state index in [1.807, 2.05) is 13.0 Å². The molecule has 0 amide bonds. The van der Waals surface area contributed by atoms with Crippen LogP contribution in [0.5, 0.6) is 11.5 Å². The number of carbonyl (C=O) groups is 1. The highest BCUT2D eigenvalue weighted by molar-refractivity contribution is 9.10. The molecule has 120 valence electrons. The predicted octanol–water partition coefficient (Wildman–Crippen LogP) is 4.89. The van der Waals surface area contributed by atoms with Crippen LogP contribution in [-0.4, -0.2) is 19.5 Å². The van der Waals surface area contributed by atoms with Crippen molar-refractivity contribution >= 4 is 27.8 Å². The average molecular weight is 379 g/mol. The van der Waals surface area contributed by atoms with Crippen LogP contribution >= 0.6 is 15.9 Å². The van der Waals surface area contributed by atoms with Crippen LogP contribution in [0.3, 0.4) is 0 Å². The second-order valence-electron chi connectivity index (χ2n) is 4.67. The van der Waals surface area contributed by atoms with Gasteiger partial charge in [-0.2, -0.15) is 0 Å². The van der Waals surface area contributed by atoms with Crippen molar-refractivity contribution in [2.24, 2.45) is 0 Å². The van der Waals surface area contributed by atoms with Crippen LogP contribution in [0.15, 0.2) is 46.9 Å². The number of halogens is 2. The number of allylic oxidation sites excluding steroid dienone is 1. The number of ether oxygens (including phenoxy) is 2. The maximum Gasteiger partial charge on any atom is 0.185 e. The first-order valence-electron chi connectivity index (χ1n) is 7.03. The third kappa shape index (κ3) is 4.42. The summed E-state index contributed by atoms with van der Waals surface area (Å²) in [6, 6.07) is 9.05. The van der Waals surface area contributed by atoms with Crippen molar-refractivity contribution in [3.05, 3.63) is 63.9 Å². The van der Waals surface area contributed by atoms with Crippen molar-refractivity contribution in [2.75, 3.05) is 13.7 Å². The molecule has 2 aromatic rings. The molecule has 0 saturated heterocycles. The smallest absolute Gasteiger partial charge is 0.185 e. The van der Waals surface area contributed by atoms with Crippen molar-refractivity contribution in [1.29, 1.82) is 0 Å². The van der Waals surface area contributed by atoms with Crippen LogP contribution in [-0.2, 0) is 0 Å². The minimum atomic E-state index is -0.370. The van der Waals surface area contributed by atoms with E-state index >= 15 is 0 Å². The molecule has 0 unspecified atom stereocenters. The molecule has 0 aliphatic carbocycles. The van der Waals surface area contributed by atoms with Crippen LogP contribution in [0.1, 0.15) is 22.8 Å². The number of benzene rings is 2. The lowest BCUT2D eigenvalue weighted by molar-refractivity contribution is 0.104. The first kappa shape index (κ1) is 17.2. The molecule has 0 aromatic heterocycles. The van der Waals surface area contributed by atoms with Crippen molar-refractivity contribution in [2.45, 2.75) is 6.92 Å². The van der Waals surface area contributed by atoms with Crippen molar-refractivity contribution in [3.8, 4) is 11.5 Å². The minimum absolute atomic E-state index is 0.200. The quantitative estimate of drug-likeness (QED) is 0.530. The summed E-state index contributed by atoms with van der Waals surface area (Å²) in [5.74, 6) is 0.631. The minimum Gasteiger partial charge on any atom is -0.493 e. The van der Waals surface area contributed by atoms with Gasteiger partial charge in [0.25, 0.3) is 0 Å². The fraction of sp³-hybridized carbons (Fsp3) is 0.167. The van der Waals surface area contributed by atoms with Gasteiger partial charge in [0.2, 0.25) is 0 Å². The molecule has 0 heterocycles. The molecule has 3 nitrogen and oxygen atoms in total. The SMILES string of the molecule is CCOc1c(Br)cc(C=CC(=O)c2ccc(F)cc2)cc1OC. The Morgan fingerprint density at radius 3 is 2.57 bits per heavy atom. The Morgan fingerprint density at radius 2 is 1.96 bits per heavy atom. The molecule has 0 aliphatic heterocycles. The van der Waals surface area contributed by atoms with Gasteiger partial charge in [-0.1, -0.05) is 6.08 Å². The van der Waals surface area contributed by atoms with Gasteiger partial charge in [-0.05, 0) is 70.9 Å². The van der Waals surface area contributed by atoms with E-state index in [1.54, 1.807) is 19.3 Å². The lowest BCUT2D eigenvalue weighted by Gasteiger charge is -2.12. The zero-order chi connectivity index (χ0) is 16.8. The van der Waals surface area contributed by atoms with Crippen LogP contribution in [0.4, 0.5) is 4.39 Å². The third-order valence-corrected chi connectivity index (χ3v) is 3.69. The lowest BCUT2D eigenvalue weighted by Crippen LogP contribution is -1.97. The number of hydrogen-bond acceptors (Lipinski definition) is 3. The molecule has 5 heteroatoms. The molecule has 0 radical (unpaired) electrons. The van der Waals surface area contributed by atoms with E-state index in [0.717, 1.165) is 10.0 Å². The first-order chi connectivity index (χ1) is 11.0. The molecule has 0 saturated carbocycles. The van der Waals surface area contributed by atoms with Gasteiger partial charge in [0.05, 0.1) is 18.2 Å². The molecule has 0 atom stereocenters. The molecule has 0 fully saturated rings. The second kappa shape index (κ2) is 7.92. The Hall–Kier alpha value is -2.14. The standard InChI is InChI=1S/C18H16BrFO3/c1-3-23-18-15(19)10-12(11-17(18)22-2)4-9-16(21)13-5-7-14(20)8-6-13/h4-11H,3H2,1-2H3. The van der Waals surface area contributed by atoms with Crippen molar-refractivity contribution in [3.63, 3.8) is 0 Å². The Labute approximate surface area is 142 Å². The van der Waals surface area contributed by atoms with E-state index in [2.05, 4.69) is 15.9 Å². The van der Waals surface area contributed by atoms with Crippen LogP contribution < -0.4 is 9.47 Å². The van der Waals surface area contributed by atoms with Gasteiger partial charge in [-0.15, -0.1) is 0 Å². The molecule has 0 N–H and O–H groups in total. The van der Waals surface area contributed by atoms with Crippen LogP contribution in [0.2, 0.25) is 0 Å². The molecule has 0 spiro atoms. The van der Waals surface area contributed by atoms with Crippen molar-refractivity contribution in [1.82, 2.24) is 0 Å². The summed E-state index contributed by atoms with van der Waals surface area (Å²) in [6.45, 7) is 2.41. The third-order valence-electron chi connectivity index (χ3n) is 3.10. The van der Waals surface area contributed by atoms with Gasteiger partial charge < -0.3 is 9.47 Å². The Kier molecular flexibility index (Phi) is 5.93. The number of methoxy groups -OCH3 is 1. The van der Waals surface area contributed by atoms with E-state index in [9.17, 15) is 9.18 Å². The summed E-state index contributed by atoms with van der Waals surface area (Å²) in [5, 5.41) is 0. The lowest BCUT2D eigenvalue weighted by atomic mass is 10.1. The number of carbonyl (C=O) groups excluding carboxylic acids is 1. The summed E-state index contributed by atoms with van der Waals surface area (Å²) in [6.07, 6.45) is 3.11. The van der Waals surface area contributed by atoms with Gasteiger partial charge in [0.1, 0.15) is 5.82 Å². The maximum absolute atomic E-state index is 12.9. The van der Waals surface area contributed by atoms with Crippen molar-refractivity contribution < 1.29 is 18.7 Å². The van der Waals surface area contributed by atoms with Gasteiger partial charge in [0.15, 0.2) is 17.3 Å². The predicted molar refractivity (Wildman–Crippen MR) is 91.6 cm³/mol. The number of ketones is 1. The number of rotatable bonds is 6. The van der Waals surface area contributed by atoms with E-state index < -0.39 is 0 Å². The topological polar surface area (TPSA) is 35.5 Å². The molecule has 0 aliphatic rings. The van der Waals surface area contributed by atoms with E-state index in [-0.39, 0.29) is 11.6 Å². The highest BCUT2D eigenvalue weighted by atomic mass is 79.9. The second-order valence-corrected chi connectivity index (χ2v) is 5.53. The summed E-state index contributed by atoms with van der Waals surface area (Å²) in [7, 11) is 1.56. The molecule has 2 rings (SSSR count). The van der Waals surface area contributed by atoms with E-state index in [0.29, 0.717) is 23.7 Å². The van der Waals surface area contributed by atoms with Crippen LogP contribution in [0, 0.1) is 5.82 Å². The summed E-state index contributed by atoms with van der Waals surface area (Å²) in [4.78, 5) is 12.1. The normalized spacial score (nSPS) is 10.8. The van der Waals surface area contributed by atoms with E-state index in [1.165, 1.54) is 30.3 Å². The molecule has 0 bridgehead atoms. The fourth-order valence-corrected chi connectivity index (χ4v) is 2.58. The monoisotopic (exact) mass is 378 g/mol. The first-order valence-corrected chi connectivity index (χ1v) is 7.82. The van der Waals surface area contributed by atoms with Gasteiger partial charge >= 0.3 is 0 Å². The fourth-order valence-electron chi connectivity index (χ4n) is 2.00. The Morgan fingerprint density at radius 1 is 1.26 bits per heavy atom. The summed E-state index contributed by atoms with van der Waals surface area (Å²) >= 11 is 3.43. The summed E-state index contributed by atoms with van der Waals surface area (Å²) in [5.41, 5.74) is 1.22. The number of hydrogen-bond donors (Lipinski definition) is 0. The highest BCUT2D eigenvalue weighted by Gasteiger charge is 2.10. The molecule has 23 heavy (non-hydrogen) atoms. The Bertz CT molecular complexity index is 724. The largest absolute Gasteiger partial charge is 0.493 e. The van der Waals surface area contributed by atoms with Gasteiger partial charge in [-0.3, -0.25) is 4.79 Å². The zero-order valence-corrected chi connectivity index (χ0v) is 14.4.